The number of rotatable bonds is 5. The molecule has 4 heteroatoms. The van der Waals surface area contributed by atoms with Crippen LogP contribution in [0.15, 0.2) is 22.7 Å². The van der Waals surface area contributed by atoms with E-state index in [1.807, 2.05) is 13.1 Å². The van der Waals surface area contributed by atoms with E-state index in [4.69, 9.17) is 11.6 Å². The molecule has 1 aliphatic heterocycles. The summed E-state index contributed by atoms with van der Waals surface area (Å²) in [6.07, 6.45) is 1.09. The molecule has 1 N–H and O–H groups in total. The monoisotopic (exact) mass is 358 g/mol. The minimum Gasteiger partial charge on any atom is -0.313 e. The molecular formula is C16H24BrClN2. The van der Waals surface area contributed by atoms with Gasteiger partial charge in [0.2, 0.25) is 0 Å². The molecule has 1 aromatic carbocycles. The Bertz CT molecular complexity index is 442. The molecule has 1 heterocycles. The van der Waals surface area contributed by atoms with Crippen molar-refractivity contribution in [2.24, 2.45) is 11.8 Å². The summed E-state index contributed by atoms with van der Waals surface area (Å²) in [7, 11) is 2.01. The van der Waals surface area contributed by atoms with Crippen LogP contribution in [0.1, 0.15) is 31.9 Å². The van der Waals surface area contributed by atoms with E-state index >= 15 is 0 Å². The van der Waals surface area contributed by atoms with Crippen LogP contribution in [0.5, 0.6) is 0 Å². The van der Waals surface area contributed by atoms with Crippen molar-refractivity contribution < 1.29 is 0 Å². The van der Waals surface area contributed by atoms with Gasteiger partial charge in [0, 0.05) is 28.6 Å². The first-order chi connectivity index (χ1) is 9.51. The summed E-state index contributed by atoms with van der Waals surface area (Å²) in [5, 5.41) is 4.23. The van der Waals surface area contributed by atoms with Gasteiger partial charge < -0.3 is 10.2 Å². The largest absolute Gasteiger partial charge is 0.313 e. The Morgan fingerprint density at radius 2 is 2.00 bits per heavy atom. The van der Waals surface area contributed by atoms with Crippen molar-refractivity contribution in [2.45, 2.75) is 26.3 Å². The van der Waals surface area contributed by atoms with Gasteiger partial charge in [0.05, 0.1) is 0 Å². The number of halogens is 2. The van der Waals surface area contributed by atoms with Gasteiger partial charge in [-0.05, 0) is 49.5 Å². The van der Waals surface area contributed by atoms with Crippen LogP contribution < -0.4 is 5.32 Å². The SMILES string of the molecule is CNC(CCN1CC(C)C(C)C1)c1ccc(Br)cc1Cl. The Morgan fingerprint density at radius 1 is 1.35 bits per heavy atom. The number of hydrogen-bond acceptors (Lipinski definition) is 2. The fraction of sp³-hybridized carbons (Fsp3) is 0.625. The van der Waals surface area contributed by atoms with Gasteiger partial charge in [-0.1, -0.05) is 47.4 Å². The van der Waals surface area contributed by atoms with Crippen LogP contribution >= 0.6 is 27.5 Å². The minimum atomic E-state index is 0.321. The summed E-state index contributed by atoms with van der Waals surface area (Å²) in [5.41, 5.74) is 1.19. The molecular weight excluding hydrogens is 336 g/mol. The van der Waals surface area contributed by atoms with E-state index in [1.165, 1.54) is 18.7 Å². The summed E-state index contributed by atoms with van der Waals surface area (Å²) in [4.78, 5) is 2.58. The molecule has 20 heavy (non-hydrogen) atoms. The number of benzene rings is 1. The lowest BCUT2D eigenvalue weighted by atomic mass is 10.0. The van der Waals surface area contributed by atoms with Gasteiger partial charge >= 0.3 is 0 Å². The topological polar surface area (TPSA) is 15.3 Å². The Balaban J connectivity index is 1.96. The summed E-state index contributed by atoms with van der Waals surface area (Å²) >= 11 is 9.82. The van der Waals surface area contributed by atoms with Crippen LogP contribution in [0.2, 0.25) is 5.02 Å². The Kier molecular flexibility index (Phi) is 5.91. The molecule has 2 rings (SSSR count). The van der Waals surface area contributed by atoms with Gasteiger partial charge in [0.25, 0.3) is 0 Å². The maximum atomic E-state index is 6.36. The van der Waals surface area contributed by atoms with E-state index in [1.54, 1.807) is 0 Å². The molecule has 0 spiro atoms. The number of likely N-dealkylation sites (tertiary alicyclic amines) is 1. The molecule has 0 radical (unpaired) electrons. The van der Waals surface area contributed by atoms with E-state index in [0.29, 0.717) is 6.04 Å². The molecule has 1 aliphatic rings. The lowest BCUT2D eigenvalue weighted by molar-refractivity contribution is 0.301. The standard InChI is InChI=1S/C16H24BrClN2/c1-11-9-20(10-12(11)2)7-6-16(19-3)14-5-4-13(17)8-15(14)18/h4-5,8,11-12,16,19H,6-7,9-10H2,1-3H3. The molecule has 0 amide bonds. The predicted molar refractivity (Wildman–Crippen MR) is 90.3 cm³/mol. The summed E-state index contributed by atoms with van der Waals surface area (Å²) in [5.74, 6) is 1.64. The zero-order chi connectivity index (χ0) is 14.7. The van der Waals surface area contributed by atoms with Crippen molar-refractivity contribution in [3.05, 3.63) is 33.3 Å². The van der Waals surface area contributed by atoms with Crippen molar-refractivity contribution in [1.29, 1.82) is 0 Å². The number of nitrogens with zero attached hydrogens (tertiary/aromatic N) is 1. The first-order valence-corrected chi connectivity index (χ1v) is 8.53. The highest BCUT2D eigenvalue weighted by atomic mass is 79.9. The third-order valence-corrected chi connectivity index (χ3v) is 5.30. The summed E-state index contributed by atoms with van der Waals surface area (Å²) in [6.45, 7) is 8.29. The molecule has 3 unspecified atom stereocenters. The second kappa shape index (κ2) is 7.26. The van der Waals surface area contributed by atoms with E-state index in [0.717, 1.165) is 34.3 Å². The molecule has 0 saturated carbocycles. The Hall–Kier alpha value is -0.0900. The summed E-state index contributed by atoms with van der Waals surface area (Å²) in [6, 6.07) is 6.47. The van der Waals surface area contributed by atoms with Crippen molar-refractivity contribution in [3.63, 3.8) is 0 Å². The highest BCUT2D eigenvalue weighted by molar-refractivity contribution is 9.10. The highest BCUT2D eigenvalue weighted by Gasteiger charge is 2.26. The molecule has 3 atom stereocenters. The van der Waals surface area contributed by atoms with Gasteiger partial charge in [-0.3, -0.25) is 0 Å². The van der Waals surface area contributed by atoms with Gasteiger partial charge in [-0.2, -0.15) is 0 Å². The number of hydrogen-bond donors (Lipinski definition) is 1. The van der Waals surface area contributed by atoms with Gasteiger partial charge in [0.1, 0.15) is 0 Å². The third-order valence-electron chi connectivity index (χ3n) is 4.48. The maximum absolute atomic E-state index is 6.36. The first-order valence-electron chi connectivity index (χ1n) is 7.35. The lowest BCUT2D eigenvalue weighted by Gasteiger charge is -2.22. The zero-order valence-corrected chi connectivity index (χ0v) is 14.8. The van der Waals surface area contributed by atoms with Gasteiger partial charge in [0.15, 0.2) is 0 Å². The average Bonchev–Trinajstić information content (AvgIpc) is 2.71. The first kappa shape index (κ1) is 16.3. The van der Waals surface area contributed by atoms with Gasteiger partial charge in [-0.15, -0.1) is 0 Å². The molecule has 112 valence electrons. The van der Waals surface area contributed by atoms with Gasteiger partial charge in [-0.25, -0.2) is 0 Å². The van der Waals surface area contributed by atoms with Crippen molar-refractivity contribution in [2.75, 3.05) is 26.7 Å². The highest BCUT2D eigenvalue weighted by Crippen LogP contribution is 2.29. The van der Waals surface area contributed by atoms with Crippen LogP contribution in [0.3, 0.4) is 0 Å². The van der Waals surface area contributed by atoms with E-state index in [2.05, 4.69) is 52.1 Å². The number of nitrogens with one attached hydrogen (secondary N) is 1. The fourth-order valence-corrected chi connectivity index (χ4v) is 3.79. The maximum Gasteiger partial charge on any atom is 0.0465 e. The molecule has 0 aliphatic carbocycles. The van der Waals surface area contributed by atoms with E-state index in [9.17, 15) is 0 Å². The van der Waals surface area contributed by atoms with Crippen molar-refractivity contribution in [3.8, 4) is 0 Å². The molecule has 0 aromatic heterocycles. The Labute approximate surface area is 136 Å². The molecule has 0 bridgehead atoms. The van der Waals surface area contributed by atoms with Crippen LogP contribution in [-0.4, -0.2) is 31.6 Å². The van der Waals surface area contributed by atoms with Crippen molar-refractivity contribution >= 4 is 27.5 Å². The predicted octanol–water partition coefficient (Wildman–Crippen LogP) is 4.34. The van der Waals surface area contributed by atoms with Crippen LogP contribution in [0, 0.1) is 11.8 Å². The van der Waals surface area contributed by atoms with Crippen molar-refractivity contribution in [1.82, 2.24) is 10.2 Å². The van der Waals surface area contributed by atoms with Crippen LogP contribution in [0.4, 0.5) is 0 Å². The molecule has 1 aromatic rings. The zero-order valence-electron chi connectivity index (χ0n) is 12.5. The quantitative estimate of drug-likeness (QED) is 0.841. The fourth-order valence-electron chi connectivity index (χ4n) is 2.98. The third kappa shape index (κ3) is 3.97. The lowest BCUT2D eigenvalue weighted by Crippen LogP contribution is -2.27. The Morgan fingerprint density at radius 3 is 2.55 bits per heavy atom. The van der Waals surface area contributed by atoms with E-state index < -0.39 is 0 Å². The van der Waals surface area contributed by atoms with E-state index in [-0.39, 0.29) is 0 Å². The molecule has 1 fully saturated rings. The smallest absolute Gasteiger partial charge is 0.0465 e. The minimum absolute atomic E-state index is 0.321. The van der Waals surface area contributed by atoms with Crippen LogP contribution in [0.25, 0.3) is 0 Å². The summed E-state index contributed by atoms with van der Waals surface area (Å²) < 4.78 is 1.03. The molecule has 2 nitrogen and oxygen atoms in total. The second-order valence-corrected chi connectivity index (χ2v) is 7.33. The average molecular weight is 360 g/mol. The van der Waals surface area contributed by atoms with Crippen LogP contribution in [-0.2, 0) is 0 Å². The normalized spacial score (nSPS) is 25.1. The second-order valence-electron chi connectivity index (χ2n) is 6.01. The molecule has 1 saturated heterocycles.